The van der Waals surface area contributed by atoms with Crippen molar-refractivity contribution < 1.29 is 17.6 Å². The highest BCUT2D eigenvalue weighted by atomic mass is 32.2. The van der Waals surface area contributed by atoms with E-state index in [1.165, 1.54) is 18.2 Å². The van der Waals surface area contributed by atoms with Crippen molar-refractivity contribution in [3.05, 3.63) is 71.6 Å². The number of anilines is 1. The second-order valence-electron chi connectivity index (χ2n) is 5.61. The highest BCUT2D eigenvalue weighted by Crippen LogP contribution is 2.18. The molecule has 0 saturated carbocycles. The van der Waals surface area contributed by atoms with Crippen LogP contribution in [0.5, 0.6) is 0 Å². The molecular weight excluding hydrogens is 343 g/mol. The first-order chi connectivity index (χ1) is 11.7. The molecule has 0 unspecified atom stereocenters. The molecule has 0 fully saturated rings. The molecule has 0 bridgehead atoms. The molecule has 0 spiro atoms. The number of rotatable bonds is 6. The third-order valence-electron chi connectivity index (χ3n) is 3.35. The Kier molecular flexibility index (Phi) is 5.93. The molecular formula is C18H19FN2O3S. The van der Waals surface area contributed by atoms with Gasteiger partial charge in [-0.15, -0.1) is 0 Å². The minimum absolute atomic E-state index is 0.307. The van der Waals surface area contributed by atoms with Crippen LogP contribution in [0.1, 0.15) is 24.1 Å². The van der Waals surface area contributed by atoms with Crippen molar-refractivity contribution in [2.24, 2.45) is 0 Å². The van der Waals surface area contributed by atoms with E-state index < -0.39 is 10.0 Å². The van der Waals surface area contributed by atoms with Crippen molar-refractivity contribution in [3.63, 3.8) is 0 Å². The molecule has 0 radical (unpaired) electrons. The average molecular weight is 362 g/mol. The molecule has 2 aromatic rings. The van der Waals surface area contributed by atoms with Gasteiger partial charge in [-0.25, -0.2) is 12.8 Å². The number of hydrogen-bond donors (Lipinski definition) is 2. The van der Waals surface area contributed by atoms with E-state index in [1.54, 1.807) is 49.4 Å². The van der Waals surface area contributed by atoms with E-state index in [0.29, 0.717) is 11.3 Å². The van der Waals surface area contributed by atoms with Gasteiger partial charge in [-0.3, -0.25) is 9.52 Å². The maximum atomic E-state index is 12.8. The van der Waals surface area contributed by atoms with Crippen LogP contribution in [0.25, 0.3) is 6.08 Å². The predicted octanol–water partition coefficient (Wildman–Crippen LogP) is 3.09. The minimum Gasteiger partial charge on any atom is -0.346 e. The summed E-state index contributed by atoms with van der Waals surface area (Å²) in [5.41, 5.74) is 1.91. The Bertz CT molecular complexity index is 877. The highest BCUT2D eigenvalue weighted by Gasteiger charge is 2.09. The molecule has 2 aromatic carbocycles. The molecule has 0 heterocycles. The standard InChI is InChI=1S/C18H19FN2O3S/c1-13(15-4-3-5-17(12-15)21-25(2,23)24)20-18(22)11-8-14-6-9-16(19)10-7-14/h3-13,21H,1-2H3,(H,20,22)/b11-8-/t13-/m1/s1. The summed E-state index contributed by atoms with van der Waals surface area (Å²) in [6.45, 7) is 1.79. The molecule has 0 aliphatic heterocycles. The zero-order valence-electron chi connectivity index (χ0n) is 13.9. The number of carbonyl (C=O) groups excluding carboxylic acids is 1. The lowest BCUT2D eigenvalue weighted by Crippen LogP contribution is -2.24. The van der Waals surface area contributed by atoms with Gasteiger partial charge < -0.3 is 5.32 Å². The first-order valence-electron chi connectivity index (χ1n) is 7.55. The topological polar surface area (TPSA) is 75.3 Å². The van der Waals surface area contributed by atoms with Gasteiger partial charge in [-0.2, -0.15) is 0 Å². The van der Waals surface area contributed by atoms with Gasteiger partial charge in [0.25, 0.3) is 0 Å². The van der Waals surface area contributed by atoms with Gasteiger partial charge >= 0.3 is 0 Å². The average Bonchev–Trinajstić information content (AvgIpc) is 2.53. The molecule has 25 heavy (non-hydrogen) atoms. The molecule has 1 amide bonds. The maximum absolute atomic E-state index is 12.8. The third-order valence-corrected chi connectivity index (χ3v) is 3.95. The molecule has 7 heteroatoms. The Morgan fingerprint density at radius 1 is 1.16 bits per heavy atom. The summed E-state index contributed by atoms with van der Waals surface area (Å²) >= 11 is 0. The zero-order valence-corrected chi connectivity index (χ0v) is 14.7. The van der Waals surface area contributed by atoms with Gasteiger partial charge in [0.15, 0.2) is 0 Å². The summed E-state index contributed by atoms with van der Waals surface area (Å²) in [7, 11) is -3.36. The number of benzene rings is 2. The summed E-state index contributed by atoms with van der Waals surface area (Å²) in [5.74, 6) is -0.642. The van der Waals surface area contributed by atoms with Crippen molar-refractivity contribution in [2.75, 3.05) is 11.0 Å². The van der Waals surface area contributed by atoms with Crippen LogP contribution in [0.3, 0.4) is 0 Å². The fraction of sp³-hybridized carbons (Fsp3) is 0.167. The van der Waals surface area contributed by atoms with E-state index in [-0.39, 0.29) is 17.8 Å². The molecule has 0 aliphatic carbocycles. The van der Waals surface area contributed by atoms with Crippen LogP contribution in [0.15, 0.2) is 54.6 Å². The molecule has 2 N–H and O–H groups in total. The van der Waals surface area contributed by atoms with Crippen LogP contribution in [0, 0.1) is 5.82 Å². The van der Waals surface area contributed by atoms with Crippen LogP contribution in [0.2, 0.25) is 0 Å². The van der Waals surface area contributed by atoms with Crippen LogP contribution in [0.4, 0.5) is 10.1 Å². The second-order valence-corrected chi connectivity index (χ2v) is 7.36. The Labute approximate surface area is 146 Å². The SMILES string of the molecule is C[C@@H](NC(=O)/C=C\c1ccc(F)cc1)c1cccc(NS(C)(=O)=O)c1. The lowest BCUT2D eigenvalue weighted by Gasteiger charge is -2.14. The number of nitrogens with one attached hydrogen (secondary N) is 2. The summed E-state index contributed by atoms with van der Waals surface area (Å²) < 4.78 is 37.8. The molecule has 132 valence electrons. The van der Waals surface area contributed by atoms with E-state index in [9.17, 15) is 17.6 Å². The van der Waals surface area contributed by atoms with Crippen LogP contribution < -0.4 is 10.0 Å². The van der Waals surface area contributed by atoms with Gasteiger partial charge in [0.1, 0.15) is 5.82 Å². The Balaban J connectivity index is 2.01. The summed E-state index contributed by atoms with van der Waals surface area (Å²) in [6, 6.07) is 12.3. The van der Waals surface area contributed by atoms with Crippen LogP contribution >= 0.6 is 0 Å². The van der Waals surface area contributed by atoms with Crippen molar-refractivity contribution in [1.29, 1.82) is 0 Å². The Morgan fingerprint density at radius 2 is 1.84 bits per heavy atom. The summed E-state index contributed by atoms with van der Waals surface area (Å²) in [6.07, 6.45) is 4.02. The van der Waals surface area contributed by atoms with Crippen LogP contribution in [-0.4, -0.2) is 20.6 Å². The quantitative estimate of drug-likeness (QED) is 0.776. The molecule has 1 atom stereocenters. The first kappa shape index (κ1) is 18.7. The highest BCUT2D eigenvalue weighted by molar-refractivity contribution is 7.92. The monoisotopic (exact) mass is 362 g/mol. The van der Waals surface area contributed by atoms with Gasteiger partial charge in [-0.1, -0.05) is 24.3 Å². The lowest BCUT2D eigenvalue weighted by atomic mass is 10.1. The molecule has 2 rings (SSSR count). The van der Waals surface area contributed by atoms with Gasteiger partial charge in [0.2, 0.25) is 15.9 Å². The van der Waals surface area contributed by atoms with Crippen LogP contribution in [-0.2, 0) is 14.8 Å². The van der Waals surface area contributed by atoms with E-state index >= 15 is 0 Å². The number of carbonyl (C=O) groups is 1. The fourth-order valence-corrected chi connectivity index (χ4v) is 2.73. The normalized spacial score (nSPS) is 12.8. The number of sulfonamides is 1. The molecule has 5 nitrogen and oxygen atoms in total. The van der Waals surface area contributed by atoms with E-state index in [2.05, 4.69) is 10.0 Å². The third kappa shape index (κ3) is 6.39. The van der Waals surface area contributed by atoms with Crippen molar-refractivity contribution >= 4 is 27.7 Å². The fourth-order valence-electron chi connectivity index (χ4n) is 2.18. The largest absolute Gasteiger partial charge is 0.346 e. The lowest BCUT2D eigenvalue weighted by molar-refractivity contribution is -0.117. The van der Waals surface area contributed by atoms with Crippen molar-refractivity contribution in [3.8, 4) is 0 Å². The number of halogens is 1. The van der Waals surface area contributed by atoms with Crippen molar-refractivity contribution in [1.82, 2.24) is 5.32 Å². The van der Waals surface area contributed by atoms with E-state index in [4.69, 9.17) is 0 Å². The maximum Gasteiger partial charge on any atom is 0.244 e. The Morgan fingerprint density at radius 3 is 2.48 bits per heavy atom. The van der Waals surface area contributed by atoms with Gasteiger partial charge in [0, 0.05) is 11.8 Å². The zero-order chi connectivity index (χ0) is 18.4. The van der Waals surface area contributed by atoms with Gasteiger partial charge in [-0.05, 0) is 48.4 Å². The molecule has 0 aromatic heterocycles. The molecule has 0 aliphatic rings. The predicted molar refractivity (Wildman–Crippen MR) is 96.9 cm³/mol. The van der Waals surface area contributed by atoms with E-state index in [1.807, 2.05) is 0 Å². The number of hydrogen-bond acceptors (Lipinski definition) is 3. The van der Waals surface area contributed by atoms with E-state index in [0.717, 1.165) is 11.8 Å². The smallest absolute Gasteiger partial charge is 0.244 e. The Hall–Kier alpha value is -2.67. The van der Waals surface area contributed by atoms with Gasteiger partial charge in [0.05, 0.1) is 12.3 Å². The van der Waals surface area contributed by atoms with Crippen molar-refractivity contribution in [2.45, 2.75) is 13.0 Å². The second kappa shape index (κ2) is 7.94. The first-order valence-corrected chi connectivity index (χ1v) is 9.44. The minimum atomic E-state index is -3.36. The summed E-state index contributed by atoms with van der Waals surface area (Å²) in [4.78, 5) is 12.0. The summed E-state index contributed by atoms with van der Waals surface area (Å²) in [5, 5.41) is 2.79. The molecule has 0 saturated heterocycles. The number of amides is 1.